The molecule has 0 radical (unpaired) electrons. The minimum atomic E-state index is -4.78. The van der Waals surface area contributed by atoms with Crippen molar-refractivity contribution in [3.05, 3.63) is 41.5 Å². The Labute approximate surface area is 165 Å². The van der Waals surface area contributed by atoms with E-state index < -0.39 is 34.7 Å². The predicted molar refractivity (Wildman–Crippen MR) is 98.5 cm³/mol. The van der Waals surface area contributed by atoms with Gasteiger partial charge in [0.15, 0.2) is 5.60 Å². The second-order valence-electron chi connectivity index (χ2n) is 7.57. The first-order valence-electron chi connectivity index (χ1n) is 8.94. The van der Waals surface area contributed by atoms with Crippen molar-refractivity contribution in [3.8, 4) is 5.75 Å². The van der Waals surface area contributed by atoms with Crippen LogP contribution >= 0.6 is 0 Å². The van der Waals surface area contributed by atoms with E-state index in [-0.39, 0.29) is 24.0 Å². The quantitative estimate of drug-likeness (QED) is 0.810. The van der Waals surface area contributed by atoms with Crippen molar-refractivity contribution in [2.45, 2.75) is 52.1 Å². The van der Waals surface area contributed by atoms with Crippen molar-refractivity contribution in [3.63, 3.8) is 0 Å². The van der Waals surface area contributed by atoms with E-state index in [2.05, 4.69) is 15.3 Å². The molecule has 29 heavy (non-hydrogen) atoms. The maximum Gasteiger partial charge on any atom is 0.417 e. The molecule has 2 aromatic rings. The van der Waals surface area contributed by atoms with Gasteiger partial charge in [-0.25, -0.2) is 4.98 Å². The molecule has 7 nitrogen and oxygen atoms in total. The van der Waals surface area contributed by atoms with Crippen LogP contribution in [0.15, 0.2) is 24.7 Å². The fourth-order valence-electron chi connectivity index (χ4n) is 3.07. The molecule has 0 unspecified atom stereocenters. The zero-order valence-corrected chi connectivity index (χ0v) is 16.3. The van der Waals surface area contributed by atoms with Gasteiger partial charge in [0.2, 0.25) is 0 Å². The molecule has 1 aromatic carbocycles. The van der Waals surface area contributed by atoms with Crippen LogP contribution in [-0.4, -0.2) is 33.4 Å². The molecule has 0 bridgehead atoms. The second kappa shape index (κ2) is 7.09. The number of halogens is 3. The third kappa shape index (κ3) is 4.06. The topological polar surface area (TPSA) is 87.3 Å². The van der Waals surface area contributed by atoms with Crippen molar-refractivity contribution >= 4 is 17.5 Å². The number of aromatic nitrogens is 2. The first kappa shape index (κ1) is 20.7. The van der Waals surface area contributed by atoms with Gasteiger partial charge in [-0.3, -0.25) is 14.5 Å². The number of amides is 2. The summed E-state index contributed by atoms with van der Waals surface area (Å²) in [5, 5.41) is 2.47. The summed E-state index contributed by atoms with van der Waals surface area (Å²) < 4.78 is 46.6. The highest BCUT2D eigenvalue weighted by atomic mass is 19.4. The first-order chi connectivity index (χ1) is 13.4. The number of ether oxygens (including phenoxy) is 1. The number of anilines is 1. The van der Waals surface area contributed by atoms with E-state index in [4.69, 9.17) is 4.74 Å². The standard InChI is InChI=1S/C19H21F3N4O3/c1-10(2)25-16(27)12-5-14-15(6-13(12)19(20,21)22)29-18(3,4)17(28)26(14)8-11-7-23-9-24-11/h5-7,9-10H,8H2,1-4H3,(H,23,24)(H,25,27). The van der Waals surface area contributed by atoms with Gasteiger partial charge in [0.25, 0.3) is 11.8 Å². The molecule has 1 aromatic heterocycles. The fraction of sp³-hybridized carbons (Fsp3) is 0.421. The summed E-state index contributed by atoms with van der Waals surface area (Å²) in [6.45, 7) is 6.28. The lowest BCUT2D eigenvalue weighted by molar-refractivity contribution is -0.138. The zero-order valence-electron chi connectivity index (χ0n) is 16.3. The molecule has 10 heteroatoms. The van der Waals surface area contributed by atoms with Crippen molar-refractivity contribution in [1.29, 1.82) is 0 Å². The third-order valence-corrected chi connectivity index (χ3v) is 4.37. The molecule has 0 saturated heterocycles. The lowest BCUT2D eigenvalue weighted by Crippen LogP contribution is -2.52. The maximum atomic E-state index is 13.7. The molecule has 2 N–H and O–H groups in total. The summed E-state index contributed by atoms with van der Waals surface area (Å²) in [5.74, 6) is -1.45. The number of hydrogen-bond donors (Lipinski definition) is 2. The molecule has 2 amide bonds. The van der Waals surface area contributed by atoms with E-state index in [1.165, 1.54) is 31.3 Å². The Morgan fingerprint density at radius 3 is 2.59 bits per heavy atom. The number of nitrogens with zero attached hydrogens (tertiary/aromatic N) is 2. The van der Waals surface area contributed by atoms with Gasteiger partial charge in [-0.1, -0.05) is 0 Å². The Morgan fingerprint density at radius 1 is 1.34 bits per heavy atom. The minimum absolute atomic E-state index is 0.0369. The normalized spacial score (nSPS) is 15.9. The van der Waals surface area contributed by atoms with Crippen LogP contribution in [0.2, 0.25) is 0 Å². The molecular weight excluding hydrogens is 389 g/mol. The van der Waals surface area contributed by atoms with E-state index in [1.807, 2.05) is 0 Å². The average Bonchev–Trinajstić information content (AvgIpc) is 3.09. The van der Waals surface area contributed by atoms with Gasteiger partial charge in [-0.05, 0) is 39.8 Å². The minimum Gasteiger partial charge on any atom is -0.476 e. The number of nitrogens with one attached hydrogen (secondary N) is 2. The van der Waals surface area contributed by atoms with Crippen LogP contribution in [0.25, 0.3) is 0 Å². The van der Waals surface area contributed by atoms with Gasteiger partial charge >= 0.3 is 6.18 Å². The van der Waals surface area contributed by atoms with Crippen LogP contribution in [0.4, 0.5) is 18.9 Å². The summed E-state index contributed by atoms with van der Waals surface area (Å²) in [6, 6.07) is 1.47. The fourth-order valence-corrected chi connectivity index (χ4v) is 3.07. The highest BCUT2D eigenvalue weighted by Gasteiger charge is 2.44. The van der Waals surface area contributed by atoms with Crippen LogP contribution in [0.1, 0.15) is 49.3 Å². The average molecular weight is 410 g/mol. The lowest BCUT2D eigenvalue weighted by Gasteiger charge is -2.39. The van der Waals surface area contributed by atoms with Gasteiger partial charge in [0.1, 0.15) is 5.75 Å². The molecule has 156 valence electrons. The number of carbonyl (C=O) groups excluding carboxylic acids is 2. The highest BCUT2D eigenvalue weighted by molar-refractivity contribution is 6.05. The molecule has 3 rings (SSSR count). The number of aromatic amines is 1. The summed E-state index contributed by atoms with van der Waals surface area (Å²) in [5.41, 5.74) is -2.41. The van der Waals surface area contributed by atoms with Crippen LogP contribution in [0.3, 0.4) is 0 Å². The van der Waals surface area contributed by atoms with Gasteiger partial charge in [0.05, 0.1) is 35.4 Å². The van der Waals surface area contributed by atoms with E-state index in [0.29, 0.717) is 5.69 Å². The Balaban J connectivity index is 2.18. The van der Waals surface area contributed by atoms with Gasteiger partial charge in [-0.2, -0.15) is 13.2 Å². The van der Waals surface area contributed by atoms with Crippen molar-refractivity contribution in [1.82, 2.24) is 15.3 Å². The maximum absolute atomic E-state index is 13.7. The van der Waals surface area contributed by atoms with E-state index >= 15 is 0 Å². The number of rotatable bonds is 4. The molecular formula is C19H21F3N4O3. The third-order valence-electron chi connectivity index (χ3n) is 4.37. The highest BCUT2D eigenvalue weighted by Crippen LogP contribution is 2.44. The number of H-pyrrole nitrogens is 1. The van der Waals surface area contributed by atoms with E-state index in [9.17, 15) is 22.8 Å². The smallest absolute Gasteiger partial charge is 0.417 e. The molecule has 1 aliphatic heterocycles. The van der Waals surface area contributed by atoms with Gasteiger partial charge in [-0.15, -0.1) is 0 Å². The number of fused-ring (bicyclic) bond motifs is 1. The first-order valence-corrected chi connectivity index (χ1v) is 8.94. The Morgan fingerprint density at radius 2 is 2.03 bits per heavy atom. The number of imidazole rings is 1. The second-order valence-corrected chi connectivity index (χ2v) is 7.57. The number of benzene rings is 1. The molecule has 0 atom stereocenters. The Kier molecular flexibility index (Phi) is 5.06. The van der Waals surface area contributed by atoms with Crippen LogP contribution in [-0.2, 0) is 17.5 Å². The summed E-state index contributed by atoms with van der Waals surface area (Å²) in [6.07, 6.45) is -1.84. The van der Waals surface area contributed by atoms with Crippen molar-refractivity contribution < 1.29 is 27.5 Å². The summed E-state index contributed by atoms with van der Waals surface area (Å²) >= 11 is 0. The van der Waals surface area contributed by atoms with Gasteiger partial charge < -0.3 is 15.0 Å². The number of alkyl halides is 3. The van der Waals surface area contributed by atoms with E-state index in [0.717, 1.165) is 12.1 Å². The van der Waals surface area contributed by atoms with E-state index in [1.54, 1.807) is 13.8 Å². The predicted octanol–water partition coefficient (Wildman–Crippen LogP) is 3.27. The molecule has 2 heterocycles. The van der Waals surface area contributed by atoms with Crippen molar-refractivity contribution in [2.24, 2.45) is 0 Å². The largest absolute Gasteiger partial charge is 0.476 e. The molecule has 0 spiro atoms. The van der Waals surface area contributed by atoms with Crippen molar-refractivity contribution in [2.75, 3.05) is 4.90 Å². The Bertz CT molecular complexity index is 937. The molecule has 0 fully saturated rings. The summed E-state index contributed by atoms with van der Waals surface area (Å²) in [7, 11) is 0. The zero-order chi connectivity index (χ0) is 21.6. The number of hydrogen-bond acceptors (Lipinski definition) is 4. The molecule has 0 aliphatic carbocycles. The molecule has 1 aliphatic rings. The summed E-state index contributed by atoms with van der Waals surface area (Å²) in [4.78, 5) is 33.4. The van der Waals surface area contributed by atoms with Crippen LogP contribution in [0.5, 0.6) is 5.75 Å². The molecule has 0 saturated carbocycles. The SMILES string of the molecule is CC(C)NC(=O)c1cc2c(cc1C(F)(F)F)OC(C)(C)C(=O)N2Cc1cnc[nH]1. The monoisotopic (exact) mass is 410 g/mol. The van der Waals surface area contributed by atoms with Crippen LogP contribution in [0, 0.1) is 0 Å². The Hall–Kier alpha value is -3.04. The number of carbonyl (C=O) groups is 2. The lowest BCUT2D eigenvalue weighted by atomic mass is 9.98. The van der Waals surface area contributed by atoms with Crippen LogP contribution < -0.4 is 15.0 Å². The van der Waals surface area contributed by atoms with Gasteiger partial charge in [0, 0.05) is 12.2 Å².